The highest BCUT2D eigenvalue weighted by Gasteiger charge is 2.17. The zero-order valence-electron chi connectivity index (χ0n) is 18.9. The van der Waals surface area contributed by atoms with Gasteiger partial charge in [-0.2, -0.15) is 0 Å². The van der Waals surface area contributed by atoms with Gasteiger partial charge in [0.25, 0.3) is 15.9 Å². The average molecular weight is 523 g/mol. The number of thioether (sulfide) groups is 1. The lowest BCUT2D eigenvalue weighted by atomic mass is 10.2. The predicted octanol–water partition coefficient (Wildman–Crippen LogP) is 6.99. The molecule has 4 rings (SSSR count). The average Bonchev–Trinajstić information content (AvgIpc) is 2.86. The summed E-state index contributed by atoms with van der Waals surface area (Å²) in [6.45, 7) is 1.79. The minimum Gasteiger partial charge on any atom is -0.322 e. The van der Waals surface area contributed by atoms with Crippen LogP contribution in [0.2, 0.25) is 5.02 Å². The molecule has 0 saturated carbocycles. The third-order valence-corrected chi connectivity index (χ3v) is 8.00. The molecule has 0 radical (unpaired) electrons. The minimum atomic E-state index is -3.82. The first-order chi connectivity index (χ1) is 16.8. The molecule has 0 heterocycles. The Hall–Kier alpha value is -3.26. The van der Waals surface area contributed by atoms with Crippen LogP contribution >= 0.6 is 23.4 Å². The van der Waals surface area contributed by atoms with Gasteiger partial charge in [0.15, 0.2) is 0 Å². The van der Waals surface area contributed by atoms with Gasteiger partial charge < -0.3 is 5.32 Å². The zero-order chi connectivity index (χ0) is 24.8. The molecular formula is C27H23ClN2O3S2. The summed E-state index contributed by atoms with van der Waals surface area (Å²) in [7, 11) is -3.82. The van der Waals surface area contributed by atoms with Gasteiger partial charge in [0.1, 0.15) is 0 Å². The summed E-state index contributed by atoms with van der Waals surface area (Å²) >= 11 is 7.59. The van der Waals surface area contributed by atoms with Crippen LogP contribution in [0.5, 0.6) is 0 Å². The Kier molecular flexibility index (Phi) is 7.80. The summed E-state index contributed by atoms with van der Waals surface area (Å²) in [6.07, 6.45) is 0. The molecule has 0 spiro atoms. The van der Waals surface area contributed by atoms with Gasteiger partial charge in [0, 0.05) is 21.4 Å². The van der Waals surface area contributed by atoms with Crippen LogP contribution in [0.3, 0.4) is 0 Å². The summed E-state index contributed by atoms with van der Waals surface area (Å²) in [5.41, 5.74) is 3.40. The van der Waals surface area contributed by atoms with Gasteiger partial charge in [0.05, 0.1) is 16.1 Å². The number of carbonyl (C=O) groups is 1. The van der Waals surface area contributed by atoms with Crippen LogP contribution < -0.4 is 10.0 Å². The maximum Gasteiger partial charge on any atom is 0.261 e. The van der Waals surface area contributed by atoms with Gasteiger partial charge >= 0.3 is 0 Å². The second-order valence-electron chi connectivity index (χ2n) is 7.81. The van der Waals surface area contributed by atoms with Crippen LogP contribution in [0.4, 0.5) is 11.4 Å². The van der Waals surface area contributed by atoms with Crippen molar-refractivity contribution >= 4 is 50.7 Å². The molecule has 0 unspecified atom stereocenters. The highest BCUT2D eigenvalue weighted by Crippen LogP contribution is 2.28. The van der Waals surface area contributed by atoms with Crippen molar-refractivity contribution in [3.05, 3.63) is 119 Å². The number of rotatable bonds is 8. The number of benzene rings is 4. The molecule has 0 bridgehead atoms. The standard InChI is InChI=1S/C27H23ClN2O3S2/c1-19-11-12-21(28)17-25(19)30-35(32,33)23-15-13-22(14-16-23)29-27(31)24-9-5-6-10-26(24)34-18-20-7-3-2-4-8-20/h2-17,30H,18H2,1H3,(H,29,31). The van der Waals surface area contributed by atoms with Crippen molar-refractivity contribution in [3.63, 3.8) is 0 Å². The second-order valence-corrected chi connectivity index (χ2v) is 10.9. The van der Waals surface area contributed by atoms with Crippen molar-refractivity contribution in [2.45, 2.75) is 22.5 Å². The minimum absolute atomic E-state index is 0.0775. The lowest BCUT2D eigenvalue weighted by molar-refractivity contribution is 0.102. The Morgan fingerprint density at radius 3 is 2.31 bits per heavy atom. The Labute approximate surface area is 214 Å². The third-order valence-electron chi connectivity index (χ3n) is 5.24. The summed E-state index contributed by atoms with van der Waals surface area (Å²) in [4.78, 5) is 13.9. The van der Waals surface area contributed by atoms with E-state index in [1.807, 2.05) is 48.5 Å². The molecule has 8 heteroatoms. The first-order valence-corrected chi connectivity index (χ1v) is 13.6. The molecule has 0 fully saturated rings. The lowest BCUT2D eigenvalue weighted by Gasteiger charge is -2.12. The number of nitrogens with one attached hydrogen (secondary N) is 2. The van der Waals surface area contributed by atoms with E-state index in [4.69, 9.17) is 11.6 Å². The fraction of sp³-hybridized carbons (Fsp3) is 0.0741. The molecule has 5 nitrogen and oxygen atoms in total. The number of amides is 1. The molecule has 0 aliphatic carbocycles. The Balaban J connectivity index is 1.45. The number of halogens is 1. The molecule has 178 valence electrons. The van der Waals surface area contributed by atoms with Crippen LogP contribution in [0.1, 0.15) is 21.5 Å². The molecule has 0 saturated heterocycles. The van der Waals surface area contributed by atoms with Crippen molar-refractivity contribution in [2.24, 2.45) is 0 Å². The number of hydrogen-bond acceptors (Lipinski definition) is 4. The molecule has 0 atom stereocenters. The van der Waals surface area contributed by atoms with Crippen LogP contribution in [0.15, 0.2) is 107 Å². The Morgan fingerprint density at radius 1 is 0.886 bits per heavy atom. The summed E-state index contributed by atoms with van der Waals surface area (Å²) < 4.78 is 28.2. The van der Waals surface area contributed by atoms with Crippen LogP contribution in [-0.2, 0) is 15.8 Å². The van der Waals surface area contributed by atoms with E-state index in [0.717, 1.165) is 16.2 Å². The lowest BCUT2D eigenvalue weighted by Crippen LogP contribution is -2.15. The first kappa shape index (κ1) is 24.9. The van der Waals surface area contributed by atoms with E-state index < -0.39 is 10.0 Å². The molecule has 0 aromatic heterocycles. The van der Waals surface area contributed by atoms with Crippen LogP contribution in [0, 0.1) is 6.92 Å². The molecule has 1 amide bonds. The van der Waals surface area contributed by atoms with E-state index in [1.165, 1.54) is 17.7 Å². The van der Waals surface area contributed by atoms with Crippen molar-refractivity contribution in [2.75, 3.05) is 10.0 Å². The van der Waals surface area contributed by atoms with Gasteiger partial charge in [-0.25, -0.2) is 8.42 Å². The number of aryl methyl sites for hydroxylation is 1. The van der Waals surface area contributed by atoms with Crippen LogP contribution in [-0.4, -0.2) is 14.3 Å². The van der Waals surface area contributed by atoms with Crippen LogP contribution in [0.25, 0.3) is 0 Å². The summed E-state index contributed by atoms with van der Waals surface area (Å²) in [5.74, 6) is 0.487. The quantitative estimate of drug-likeness (QED) is 0.244. The van der Waals surface area contributed by atoms with E-state index >= 15 is 0 Å². The number of carbonyl (C=O) groups excluding carboxylic acids is 1. The third kappa shape index (κ3) is 6.45. The van der Waals surface area contributed by atoms with E-state index in [-0.39, 0.29) is 10.8 Å². The SMILES string of the molecule is Cc1ccc(Cl)cc1NS(=O)(=O)c1ccc(NC(=O)c2ccccc2SCc2ccccc2)cc1. The van der Waals surface area contributed by atoms with Gasteiger partial charge in [-0.05, 0) is 66.6 Å². The van der Waals surface area contributed by atoms with Crippen molar-refractivity contribution in [1.29, 1.82) is 0 Å². The number of sulfonamides is 1. The fourth-order valence-corrected chi connectivity index (χ4v) is 5.64. The fourth-order valence-electron chi connectivity index (χ4n) is 3.34. The van der Waals surface area contributed by atoms with Crippen molar-refractivity contribution in [3.8, 4) is 0 Å². The van der Waals surface area contributed by atoms with E-state index in [9.17, 15) is 13.2 Å². The van der Waals surface area contributed by atoms with Gasteiger partial charge in [-0.3, -0.25) is 9.52 Å². The molecule has 35 heavy (non-hydrogen) atoms. The molecular weight excluding hydrogens is 500 g/mol. The van der Waals surface area contributed by atoms with Gasteiger partial charge in [-0.15, -0.1) is 11.8 Å². The highest BCUT2D eigenvalue weighted by molar-refractivity contribution is 7.98. The van der Waals surface area contributed by atoms with E-state index in [0.29, 0.717) is 22.0 Å². The van der Waals surface area contributed by atoms with E-state index in [2.05, 4.69) is 10.0 Å². The monoisotopic (exact) mass is 522 g/mol. The zero-order valence-corrected chi connectivity index (χ0v) is 21.3. The van der Waals surface area contributed by atoms with E-state index in [1.54, 1.807) is 55.1 Å². The molecule has 4 aromatic rings. The maximum absolute atomic E-state index is 13.0. The summed E-state index contributed by atoms with van der Waals surface area (Å²) in [5, 5.41) is 3.30. The molecule has 2 N–H and O–H groups in total. The predicted molar refractivity (Wildman–Crippen MR) is 144 cm³/mol. The largest absolute Gasteiger partial charge is 0.322 e. The van der Waals surface area contributed by atoms with Gasteiger partial charge in [0.2, 0.25) is 0 Å². The first-order valence-electron chi connectivity index (χ1n) is 10.8. The smallest absolute Gasteiger partial charge is 0.261 e. The van der Waals surface area contributed by atoms with Crippen molar-refractivity contribution < 1.29 is 13.2 Å². The number of hydrogen-bond donors (Lipinski definition) is 2. The Bertz CT molecular complexity index is 1440. The van der Waals surface area contributed by atoms with Gasteiger partial charge in [-0.1, -0.05) is 60.1 Å². The number of anilines is 2. The normalized spacial score (nSPS) is 11.1. The molecule has 4 aromatic carbocycles. The molecule has 0 aliphatic rings. The Morgan fingerprint density at radius 2 is 1.57 bits per heavy atom. The second kappa shape index (κ2) is 11.0. The summed E-state index contributed by atoms with van der Waals surface area (Å²) in [6, 6.07) is 28.5. The topological polar surface area (TPSA) is 75.3 Å². The molecule has 0 aliphatic heterocycles. The highest BCUT2D eigenvalue weighted by atomic mass is 35.5. The van der Waals surface area contributed by atoms with Crippen molar-refractivity contribution in [1.82, 2.24) is 0 Å². The maximum atomic E-state index is 13.0.